The van der Waals surface area contributed by atoms with Gasteiger partial charge in [-0.15, -0.1) is 0 Å². The summed E-state index contributed by atoms with van der Waals surface area (Å²) in [6.07, 6.45) is 12.9. The molecule has 0 saturated carbocycles. The predicted octanol–water partition coefficient (Wildman–Crippen LogP) is 4.67. The van der Waals surface area contributed by atoms with Gasteiger partial charge in [-0.05, 0) is 50.2 Å². The average molecular weight is 308 g/mol. The van der Waals surface area contributed by atoms with Crippen molar-refractivity contribution in [2.24, 2.45) is 16.3 Å². The second-order valence-corrected chi connectivity index (χ2v) is 7.99. The maximum atomic E-state index is 4.72. The summed E-state index contributed by atoms with van der Waals surface area (Å²) in [4.78, 5) is 7.43. The van der Waals surface area contributed by atoms with E-state index in [4.69, 9.17) is 4.99 Å². The summed E-state index contributed by atoms with van der Waals surface area (Å²) in [5.41, 5.74) is 7.99. The van der Waals surface area contributed by atoms with Gasteiger partial charge in [-0.3, -0.25) is 4.99 Å². The van der Waals surface area contributed by atoms with Gasteiger partial charge in [0.2, 0.25) is 0 Å². The number of aliphatic imine (C=N–C) groups is 1. The van der Waals surface area contributed by atoms with Gasteiger partial charge in [0.1, 0.15) is 0 Å². The van der Waals surface area contributed by atoms with E-state index in [1.807, 2.05) is 0 Å². The molecule has 0 N–H and O–H groups in total. The van der Waals surface area contributed by atoms with Gasteiger partial charge in [0.05, 0.1) is 6.54 Å². The van der Waals surface area contributed by atoms with Crippen LogP contribution in [0.1, 0.15) is 47.0 Å². The van der Waals surface area contributed by atoms with Gasteiger partial charge in [-0.25, -0.2) is 0 Å². The molecule has 2 aliphatic carbocycles. The fourth-order valence-electron chi connectivity index (χ4n) is 5.01. The molecule has 5 bridgehead atoms. The van der Waals surface area contributed by atoms with Crippen LogP contribution in [0.2, 0.25) is 0 Å². The van der Waals surface area contributed by atoms with E-state index in [1.54, 1.807) is 22.4 Å². The molecule has 2 heteroatoms. The summed E-state index contributed by atoms with van der Waals surface area (Å²) in [5.74, 6) is 0.601. The number of fused-ring (bicyclic) bond motifs is 1. The van der Waals surface area contributed by atoms with Crippen LogP contribution in [0.15, 0.2) is 51.2 Å². The van der Waals surface area contributed by atoms with Crippen LogP contribution in [0.4, 0.5) is 0 Å². The zero-order valence-electron chi connectivity index (χ0n) is 14.9. The lowest BCUT2D eigenvalue weighted by molar-refractivity contribution is 0.162. The second kappa shape index (κ2) is 5.22. The highest BCUT2D eigenvalue weighted by molar-refractivity contribution is 5.75. The topological polar surface area (TPSA) is 15.6 Å². The second-order valence-electron chi connectivity index (χ2n) is 7.99. The van der Waals surface area contributed by atoms with E-state index in [1.165, 1.54) is 24.8 Å². The molecule has 4 aliphatic rings. The fraction of sp³-hybridized carbons (Fsp3) is 0.571. The van der Waals surface area contributed by atoms with E-state index in [0.717, 1.165) is 13.1 Å². The Labute approximate surface area is 140 Å². The first-order chi connectivity index (χ1) is 11.0. The molecule has 0 radical (unpaired) electrons. The molecule has 122 valence electrons. The van der Waals surface area contributed by atoms with Crippen LogP contribution in [0.3, 0.4) is 0 Å². The SMILES string of the molecule is CC(C)=CCN1C2=C3CC1C(C)C1(C)C=NC/C=C\C3=C1CC2. The van der Waals surface area contributed by atoms with Gasteiger partial charge >= 0.3 is 0 Å². The van der Waals surface area contributed by atoms with E-state index in [2.05, 4.69) is 57.0 Å². The smallest absolute Gasteiger partial charge is 0.0570 e. The van der Waals surface area contributed by atoms with E-state index >= 15 is 0 Å². The minimum Gasteiger partial charge on any atom is -0.367 e. The molecule has 2 nitrogen and oxygen atoms in total. The van der Waals surface area contributed by atoms with Crippen LogP contribution in [-0.2, 0) is 0 Å². The highest BCUT2D eigenvalue weighted by Gasteiger charge is 2.50. The van der Waals surface area contributed by atoms with E-state index in [9.17, 15) is 0 Å². The summed E-state index contributed by atoms with van der Waals surface area (Å²) in [7, 11) is 0. The van der Waals surface area contributed by atoms with Crippen molar-refractivity contribution in [3.05, 3.63) is 46.2 Å². The summed E-state index contributed by atoms with van der Waals surface area (Å²) < 4.78 is 0. The highest BCUT2D eigenvalue weighted by atomic mass is 15.2. The van der Waals surface area contributed by atoms with Crippen molar-refractivity contribution in [1.82, 2.24) is 4.90 Å². The normalized spacial score (nSPS) is 36.1. The Kier molecular flexibility index (Phi) is 3.40. The van der Waals surface area contributed by atoms with Gasteiger partial charge in [-0.2, -0.15) is 0 Å². The Bertz CT molecular complexity index is 685. The van der Waals surface area contributed by atoms with Gasteiger partial charge in [0.15, 0.2) is 0 Å². The lowest BCUT2D eigenvalue weighted by Gasteiger charge is -2.46. The number of rotatable bonds is 2. The van der Waals surface area contributed by atoms with Crippen LogP contribution in [0.5, 0.6) is 0 Å². The third-order valence-electron chi connectivity index (χ3n) is 6.50. The minimum absolute atomic E-state index is 0.113. The lowest BCUT2D eigenvalue weighted by Crippen LogP contribution is -2.46. The molecule has 0 spiro atoms. The van der Waals surface area contributed by atoms with Crippen molar-refractivity contribution in [3.63, 3.8) is 0 Å². The molecule has 3 unspecified atom stereocenters. The maximum Gasteiger partial charge on any atom is 0.0570 e. The molecule has 0 aromatic carbocycles. The third-order valence-corrected chi connectivity index (χ3v) is 6.50. The van der Waals surface area contributed by atoms with Gasteiger partial charge in [0.25, 0.3) is 0 Å². The molecule has 0 saturated heterocycles. The van der Waals surface area contributed by atoms with Crippen molar-refractivity contribution in [2.75, 3.05) is 13.1 Å². The molecule has 23 heavy (non-hydrogen) atoms. The third kappa shape index (κ3) is 2.10. The first-order valence-electron chi connectivity index (χ1n) is 9.06. The van der Waals surface area contributed by atoms with Crippen LogP contribution in [0.25, 0.3) is 0 Å². The van der Waals surface area contributed by atoms with Crippen LogP contribution >= 0.6 is 0 Å². The Morgan fingerprint density at radius 1 is 1.39 bits per heavy atom. The van der Waals surface area contributed by atoms with Crippen molar-refractivity contribution < 1.29 is 0 Å². The number of nitrogens with zero attached hydrogens (tertiary/aromatic N) is 2. The number of hydrogen-bond acceptors (Lipinski definition) is 2. The maximum absolute atomic E-state index is 4.72. The largest absolute Gasteiger partial charge is 0.367 e. The lowest BCUT2D eigenvalue weighted by atomic mass is 9.66. The monoisotopic (exact) mass is 308 g/mol. The number of hydrogen-bond donors (Lipinski definition) is 0. The Morgan fingerprint density at radius 2 is 2.22 bits per heavy atom. The summed E-state index contributed by atoms with van der Waals surface area (Å²) in [6, 6.07) is 0.617. The summed E-state index contributed by atoms with van der Waals surface area (Å²) in [5, 5.41) is 0. The predicted molar refractivity (Wildman–Crippen MR) is 97.6 cm³/mol. The van der Waals surface area contributed by atoms with Crippen molar-refractivity contribution in [1.29, 1.82) is 0 Å². The Balaban J connectivity index is 1.89. The Hall–Kier alpha value is -1.57. The first-order valence-corrected chi connectivity index (χ1v) is 9.06. The summed E-state index contributed by atoms with van der Waals surface area (Å²) in [6.45, 7) is 11.2. The average Bonchev–Trinajstić information content (AvgIpc) is 2.85. The molecule has 0 aromatic heterocycles. The first kappa shape index (κ1) is 15.0. The number of likely N-dealkylation sites (tertiary alicyclic amines) is 1. The molecule has 4 rings (SSSR count). The van der Waals surface area contributed by atoms with Gasteiger partial charge in [-0.1, -0.05) is 43.2 Å². The van der Waals surface area contributed by atoms with E-state index in [0.29, 0.717) is 12.0 Å². The zero-order valence-corrected chi connectivity index (χ0v) is 14.9. The van der Waals surface area contributed by atoms with E-state index < -0.39 is 0 Å². The molecule has 0 aromatic rings. The van der Waals surface area contributed by atoms with Crippen LogP contribution in [0, 0.1) is 11.3 Å². The van der Waals surface area contributed by atoms with Gasteiger partial charge < -0.3 is 4.90 Å². The van der Waals surface area contributed by atoms with Gasteiger partial charge in [0, 0.05) is 29.9 Å². The molecule has 3 atom stereocenters. The number of allylic oxidation sites excluding steroid dienone is 5. The van der Waals surface area contributed by atoms with Crippen LogP contribution < -0.4 is 0 Å². The standard InChI is InChI=1S/C21H28N2/c1-14(2)9-11-23-19-8-7-18-16-6-5-10-22-13-21(18,4)15(3)20(23)12-17(16)19/h5-6,9,13,15,20H,7-8,10-12H2,1-4H3/b6-5-,22-13?. The molecule has 0 fully saturated rings. The molecule has 2 aliphatic heterocycles. The van der Waals surface area contributed by atoms with Crippen LogP contribution in [-0.4, -0.2) is 30.2 Å². The Morgan fingerprint density at radius 3 is 3.00 bits per heavy atom. The highest BCUT2D eigenvalue weighted by Crippen LogP contribution is 2.56. The molecule has 0 amide bonds. The zero-order chi connectivity index (χ0) is 16.2. The van der Waals surface area contributed by atoms with Crippen molar-refractivity contribution in [2.45, 2.75) is 53.0 Å². The molecular weight excluding hydrogens is 280 g/mol. The molecular formula is C21H28N2. The van der Waals surface area contributed by atoms with Crippen molar-refractivity contribution >= 4 is 6.21 Å². The summed E-state index contributed by atoms with van der Waals surface area (Å²) >= 11 is 0. The van der Waals surface area contributed by atoms with Crippen molar-refractivity contribution in [3.8, 4) is 0 Å². The fourth-order valence-corrected chi connectivity index (χ4v) is 5.01. The quantitative estimate of drug-likeness (QED) is 0.677. The molecule has 2 heterocycles. The minimum atomic E-state index is 0.113. The van der Waals surface area contributed by atoms with E-state index in [-0.39, 0.29) is 5.41 Å².